The number of carbonyl (C=O) groups is 4. The van der Waals surface area contributed by atoms with Crippen LogP contribution in [0.5, 0.6) is 0 Å². The van der Waals surface area contributed by atoms with Crippen LogP contribution in [-0.2, 0) is 35.2 Å². The first-order chi connectivity index (χ1) is 14.2. The lowest BCUT2D eigenvalue weighted by molar-refractivity contribution is -0.149. The van der Waals surface area contributed by atoms with Gasteiger partial charge in [-0.1, -0.05) is 51.1 Å². The highest BCUT2D eigenvalue weighted by atomic mass is 16.5. The molecule has 3 atom stereocenters. The Bertz CT molecular complexity index is 721. The molecule has 0 aliphatic heterocycles. The van der Waals surface area contributed by atoms with Crippen molar-refractivity contribution in [2.45, 2.75) is 45.9 Å². The number of carbonyl (C=O) groups excluding carboxylic acids is 4. The second kappa shape index (κ2) is 12.5. The minimum Gasteiger partial charge on any atom is -0.469 e. The number of nitrogens with one attached hydrogen (secondary N) is 2. The van der Waals surface area contributed by atoms with Crippen LogP contribution in [0.2, 0.25) is 0 Å². The van der Waals surface area contributed by atoms with Gasteiger partial charge in [0.15, 0.2) is 0 Å². The van der Waals surface area contributed by atoms with E-state index in [0.717, 1.165) is 5.56 Å². The van der Waals surface area contributed by atoms with Crippen LogP contribution in [0, 0.1) is 11.8 Å². The fraction of sp³-hybridized carbons (Fsp3) is 0.524. The Kier molecular flexibility index (Phi) is 10.4. The molecule has 0 radical (unpaired) electrons. The summed E-state index contributed by atoms with van der Waals surface area (Å²) < 4.78 is 14.5. The summed E-state index contributed by atoms with van der Waals surface area (Å²) in [6, 6.07) is 7.09. The zero-order valence-electron chi connectivity index (χ0n) is 18.0. The van der Waals surface area contributed by atoms with Crippen molar-refractivity contribution in [1.29, 1.82) is 0 Å². The minimum absolute atomic E-state index is 0.00560. The van der Waals surface area contributed by atoms with Crippen molar-refractivity contribution in [2.24, 2.45) is 11.8 Å². The Labute approximate surface area is 176 Å². The van der Waals surface area contributed by atoms with E-state index in [2.05, 4.69) is 15.4 Å². The van der Waals surface area contributed by atoms with E-state index in [1.807, 2.05) is 30.3 Å². The molecule has 1 rings (SSSR count). The van der Waals surface area contributed by atoms with E-state index in [0.29, 0.717) is 0 Å². The monoisotopic (exact) mass is 422 g/mol. The standard InChI is InChI=1S/C21H30N2O7/c1-13(2)17(23-21(27)30-12-15-9-7-6-8-10-15)18(24)22-16(20(26)29-5)11-14(3)19(25)28-4/h6-10,13-14,16-17H,11-12H2,1-5H3,(H,22,24)(H,23,27)/t14-,16+,17-/m1/s1. The molecule has 30 heavy (non-hydrogen) atoms. The maximum absolute atomic E-state index is 12.7. The molecule has 1 aromatic carbocycles. The third kappa shape index (κ3) is 8.10. The van der Waals surface area contributed by atoms with Crippen LogP contribution in [0.3, 0.4) is 0 Å². The molecule has 0 aromatic heterocycles. The molecule has 2 N–H and O–H groups in total. The van der Waals surface area contributed by atoms with Crippen LogP contribution >= 0.6 is 0 Å². The molecule has 0 saturated heterocycles. The van der Waals surface area contributed by atoms with Gasteiger partial charge in [-0.2, -0.15) is 0 Å². The minimum atomic E-state index is -1.07. The molecule has 0 saturated carbocycles. The lowest BCUT2D eigenvalue weighted by Crippen LogP contribution is -2.54. The number of amides is 2. The summed E-state index contributed by atoms with van der Waals surface area (Å²) in [5.41, 5.74) is 0.806. The molecule has 0 spiro atoms. The van der Waals surface area contributed by atoms with Crippen LogP contribution in [0.4, 0.5) is 4.79 Å². The molecule has 0 unspecified atom stereocenters. The average molecular weight is 422 g/mol. The quantitative estimate of drug-likeness (QED) is 0.436. The smallest absolute Gasteiger partial charge is 0.408 e. The van der Waals surface area contributed by atoms with Gasteiger partial charge >= 0.3 is 18.0 Å². The summed E-state index contributed by atoms with van der Waals surface area (Å²) >= 11 is 0. The van der Waals surface area contributed by atoms with E-state index in [1.54, 1.807) is 20.8 Å². The van der Waals surface area contributed by atoms with Gasteiger partial charge in [-0.15, -0.1) is 0 Å². The molecule has 0 fully saturated rings. The maximum atomic E-state index is 12.7. The summed E-state index contributed by atoms with van der Waals surface area (Å²) in [4.78, 5) is 48.6. The normalized spacial score (nSPS) is 13.5. The fourth-order valence-corrected chi connectivity index (χ4v) is 2.70. The molecule has 2 amide bonds. The molecule has 1 aromatic rings. The predicted molar refractivity (Wildman–Crippen MR) is 108 cm³/mol. The Morgan fingerprint density at radius 3 is 2.03 bits per heavy atom. The van der Waals surface area contributed by atoms with Crippen molar-refractivity contribution in [1.82, 2.24) is 10.6 Å². The van der Waals surface area contributed by atoms with Crippen molar-refractivity contribution >= 4 is 23.9 Å². The number of methoxy groups -OCH3 is 2. The van der Waals surface area contributed by atoms with Crippen molar-refractivity contribution < 1.29 is 33.4 Å². The first kappa shape index (κ1) is 24.9. The molecular formula is C21H30N2O7. The fourth-order valence-electron chi connectivity index (χ4n) is 2.70. The molecule has 166 valence electrons. The van der Waals surface area contributed by atoms with Crippen molar-refractivity contribution in [2.75, 3.05) is 14.2 Å². The number of hydrogen-bond acceptors (Lipinski definition) is 7. The van der Waals surface area contributed by atoms with E-state index in [9.17, 15) is 19.2 Å². The Morgan fingerprint density at radius 1 is 0.900 bits per heavy atom. The lowest BCUT2D eigenvalue weighted by atomic mass is 9.99. The summed E-state index contributed by atoms with van der Waals surface area (Å²) in [7, 11) is 2.42. The second-order valence-corrected chi connectivity index (χ2v) is 7.17. The summed E-state index contributed by atoms with van der Waals surface area (Å²) in [5.74, 6) is -2.73. The van der Waals surface area contributed by atoms with Gasteiger partial charge in [0.1, 0.15) is 18.7 Å². The van der Waals surface area contributed by atoms with Gasteiger partial charge in [-0.05, 0) is 17.9 Å². The molecular weight excluding hydrogens is 392 g/mol. The second-order valence-electron chi connectivity index (χ2n) is 7.17. The summed E-state index contributed by atoms with van der Waals surface area (Å²) in [6.45, 7) is 5.12. The molecule has 9 heteroatoms. The van der Waals surface area contributed by atoms with Crippen LogP contribution in [0.25, 0.3) is 0 Å². The first-order valence-electron chi connectivity index (χ1n) is 9.62. The molecule has 0 bridgehead atoms. The van der Waals surface area contributed by atoms with Crippen molar-refractivity contribution in [3.05, 3.63) is 35.9 Å². The predicted octanol–water partition coefficient (Wildman–Crippen LogP) is 1.79. The molecule has 9 nitrogen and oxygen atoms in total. The van der Waals surface area contributed by atoms with E-state index in [4.69, 9.17) is 9.47 Å². The Morgan fingerprint density at radius 2 is 1.50 bits per heavy atom. The van der Waals surface area contributed by atoms with Gasteiger partial charge in [0, 0.05) is 0 Å². The summed E-state index contributed by atoms with van der Waals surface area (Å²) in [5, 5.41) is 5.07. The third-order valence-corrected chi connectivity index (χ3v) is 4.43. The number of rotatable bonds is 10. The van der Waals surface area contributed by atoms with Gasteiger partial charge in [-0.3, -0.25) is 9.59 Å². The van der Waals surface area contributed by atoms with Crippen LogP contribution < -0.4 is 10.6 Å². The lowest BCUT2D eigenvalue weighted by Gasteiger charge is -2.25. The van der Waals surface area contributed by atoms with Crippen molar-refractivity contribution in [3.63, 3.8) is 0 Å². The number of alkyl carbamates (subject to hydrolysis) is 1. The zero-order valence-corrected chi connectivity index (χ0v) is 18.0. The first-order valence-corrected chi connectivity index (χ1v) is 9.62. The number of esters is 2. The van der Waals surface area contributed by atoms with Crippen LogP contribution in [0.15, 0.2) is 30.3 Å². The van der Waals surface area contributed by atoms with Gasteiger partial charge in [0.25, 0.3) is 0 Å². The van der Waals surface area contributed by atoms with Crippen molar-refractivity contribution in [3.8, 4) is 0 Å². The van der Waals surface area contributed by atoms with Crippen LogP contribution in [-0.4, -0.2) is 50.2 Å². The zero-order chi connectivity index (χ0) is 22.7. The van der Waals surface area contributed by atoms with E-state index in [-0.39, 0.29) is 18.9 Å². The SMILES string of the molecule is COC(=O)[C@H](C)C[C@H](NC(=O)[C@H](NC(=O)OCc1ccccc1)C(C)C)C(=O)OC. The highest BCUT2D eigenvalue weighted by Crippen LogP contribution is 2.11. The van der Waals surface area contributed by atoms with E-state index in [1.165, 1.54) is 14.2 Å². The van der Waals surface area contributed by atoms with E-state index >= 15 is 0 Å². The van der Waals surface area contributed by atoms with Gasteiger partial charge < -0.3 is 24.8 Å². The maximum Gasteiger partial charge on any atom is 0.408 e. The molecule has 0 aliphatic carbocycles. The number of benzene rings is 1. The Balaban J connectivity index is 2.75. The summed E-state index contributed by atoms with van der Waals surface area (Å²) in [6.07, 6.45) is -0.765. The number of ether oxygens (including phenoxy) is 3. The van der Waals surface area contributed by atoms with Gasteiger partial charge in [0.2, 0.25) is 5.91 Å². The molecule has 0 heterocycles. The highest BCUT2D eigenvalue weighted by Gasteiger charge is 2.32. The molecule has 0 aliphatic rings. The Hall–Kier alpha value is -3.10. The third-order valence-electron chi connectivity index (χ3n) is 4.43. The highest BCUT2D eigenvalue weighted by molar-refractivity contribution is 5.90. The van der Waals surface area contributed by atoms with E-state index < -0.39 is 41.9 Å². The van der Waals surface area contributed by atoms with Crippen LogP contribution in [0.1, 0.15) is 32.8 Å². The average Bonchev–Trinajstić information content (AvgIpc) is 2.74. The van der Waals surface area contributed by atoms with Gasteiger partial charge in [0.05, 0.1) is 20.1 Å². The van der Waals surface area contributed by atoms with Gasteiger partial charge in [-0.25, -0.2) is 9.59 Å². The largest absolute Gasteiger partial charge is 0.469 e. The topological polar surface area (TPSA) is 120 Å². The number of hydrogen-bond donors (Lipinski definition) is 2.